The fourth-order valence-electron chi connectivity index (χ4n) is 2.89. The molecule has 140 valence electrons. The van der Waals surface area contributed by atoms with Gasteiger partial charge in [0.05, 0.1) is 18.4 Å². The Kier molecular flexibility index (Phi) is 5.02. The molecule has 6 N–H and O–H groups in total. The fraction of sp³-hybridized carbons (Fsp3) is 0.118. The number of methoxy groups -OCH3 is 1. The molecular formula is C17H13BrN8O2. The molecule has 1 aliphatic heterocycles. The molecule has 1 unspecified atom stereocenters. The molecule has 0 saturated carbocycles. The number of guanidine groups is 1. The molecule has 0 spiro atoms. The van der Waals surface area contributed by atoms with Crippen LogP contribution in [-0.2, 0) is 4.74 Å². The number of benzene rings is 1. The second-order valence-corrected chi connectivity index (χ2v) is 6.45. The molecule has 0 fully saturated rings. The zero-order chi connectivity index (χ0) is 20.4. The van der Waals surface area contributed by atoms with Crippen LogP contribution in [0.3, 0.4) is 0 Å². The lowest BCUT2D eigenvalue weighted by atomic mass is 9.92. The normalized spacial score (nSPS) is 14.6. The van der Waals surface area contributed by atoms with Gasteiger partial charge < -0.3 is 21.5 Å². The number of carbonyl (C=O) groups is 1. The number of nitrogen functional groups attached to an aromatic ring is 2. The highest BCUT2D eigenvalue weighted by Crippen LogP contribution is 2.43. The molecule has 0 amide bonds. The summed E-state index contributed by atoms with van der Waals surface area (Å²) in [5.41, 5.74) is 13.1. The van der Waals surface area contributed by atoms with Gasteiger partial charge in [-0.15, -0.1) is 0 Å². The summed E-state index contributed by atoms with van der Waals surface area (Å²) in [6.45, 7) is 0. The molecule has 0 aliphatic carbocycles. The largest absolute Gasteiger partial charge is 0.465 e. The van der Waals surface area contributed by atoms with Crippen molar-refractivity contribution in [2.75, 3.05) is 23.9 Å². The van der Waals surface area contributed by atoms with Crippen LogP contribution in [0.1, 0.15) is 33.1 Å². The van der Waals surface area contributed by atoms with E-state index in [4.69, 9.17) is 21.5 Å². The Labute approximate surface area is 167 Å². The molecule has 11 heteroatoms. The number of pyridine rings is 1. The van der Waals surface area contributed by atoms with Crippen LogP contribution in [0.5, 0.6) is 0 Å². The zero-order valence-corrected chi connectivity index (χ0v) is 16.0. The van der Waals surface area contributed by atoms with Crippen LogP contribution in [0.15, 0.2) is 27.7 Å². The Bertz CT molecular complexity index is 1100. The van der Waals surface area contributed by atoms with Crippen LogP contribution in [-0.4, -0.2) is 24.0 Å². The first kappa shape index (κ1) is 18.9. The van der Waals surface area contributed by atoms with Crippen LogP contribution in [0.4, 0.5) is 17.3 Å². The van der Waals surface area contributed by atoms with E-state index in [0.29, 0.717) is 15.6 Å². The predicted octanol–water partition coefficient (Wildman–Crippen LogP) is 1.61. The van der Waals surface area contributed by atoms with Crippen LogP contribution < -0.4 is 22.1 Å². The van der Waals surface area contributed by atoms with Gasteiger partial charge in [-0.05, 0) is 12.1 Å². The van der Waals surface area contributed by atoms with Crippen molar-refractivity contribution >= 4 is 45.2 Å². The van der Waals surface area contributed by atoms with Gasteiger partial charge >= 0.3 is 5.97 Å². The van der Waals surface area contributed by atoms with Crippen molar-refractivity contribution < 1.29 is 9.53 Å². The van der Waals surface area contributed by atoms with Gasteiger partial charge in [-0.1, -0.05) is 22.0 Å². The van der Waals surface area contributed by atoms with Gasteiger partial charge in [0, 0.05) is 15.6 Å². The highest BCUT2D eigenvalue weighted by atomic mass is 79.9. The summed E-state index contributed by atoms with van der Waals surface area (Å²) in [6, 6.07) is 6.03. The smallest absolute Gasteiger partial charge is 0.338 e. The Balaban J connectivity index is 2.35. The summed E-state index contributed by atoms with van der Waals surface area (Å²) in [5, 5.41) is 23.6. The zero-order valence-electron chi connectivity index (χ0n) is 14.4. The van der Waals surface area contributed by atoms with Gasteiger partial charge in [0.2, 0.25) is 5.96 Å². The van der Waals surface area contributed by atoms with Crippen molar-refractivity contribution in [3.8, 4) is 12.3 Å². The van der Waals surface area contributed by atoms with Gasteiger partial charge in [-0.25, -0.2) is 14.8 Å². The molecule has 1 aromatic heterocycles. The first-order chi connectivity index (χ1) is 13.4. The minimum absolute atomic E-state index is 0.00381. The number of hydrogen-bond acceptors (Lipinski definition) is 10. The third kappa shape index (κ3) is 3.04. The first-order valence-electron chi connectivity index (χ1n) is 7.78. The van der Waals surface area contributed by atoms with Crippen molar-refractivity contribution in [2.45, 2.75) is 6.04 Å². The number of fused-ring (bicyclic) bond motifs is 1. The monoisotopic (exact) mass is 440 g/mol. The lowest BCUT2D eigenvalue weighted by molar-refractivity contribution is 0.0599. The van der Waals surface area contributed by atoms with E-state index >= 15 is 0 Å². The van der Waals surface area contributed by atoms with Crippen molar-refractivity contribution in [3.05, 3.63) is 44.9 Å². The average Bonchev–Trinajstić information content (AvgIpc) is 2.67. The van der Waals surface area contributed by atoms with Gasteiger partial charge in [-0.3, -0.25) is 5.32 Å². The number of aliphatic imine (C=N–C) groups is 1. The van der Waals surface area contributed by atoms with E-state index in [1.165, 1.54) is 7.11 Å². The third-order valence-electron chi connectivity index (χ3n) is 4.09. The number of aromatic nitrogens is 1. The van der Waals surface area contributed by atoms with Crippen LogP contribution in [0.2, 0.25) is 0 Å². The van der Waals surface area contributed by atoms with Crippen LogP contribution in [0.25, 0.3) is 0 Å². The molecule has 28 heavy (non-hydrogen) atoms. The topological polar surface area (TPSA) is 175 Å². The second kappa shape index (κ2) is 7.42. The summed E-state index contributed by atoms with van der Waals surface area (Å²) in [5.74, 6) is -0.340. The highest BCUT2D eigenvalue weighted by molar-refractivity contribution is 9.10. The van der Waals surface area contributed by atoms with Crippen LogP contribution >= 0.6 is 15.9 Å². The molecule has 3 rings (SSSR count). The van der Waals surface area contributed by atoms with Gasteiger partial charge in [-0.2, -0.15) is 10.5 Å². The van der Waals surface area contributed by atoms with Gasteiger partial charge in [0.15, 0.2) is 6.19 Å². The number of esters is 1. The SMILES string of the molecule is COC(=O)c1cccc(Br)c1C1N=C(NC#N)Nc2nc(N)c(C#N)c(N)c21. The van der Waals surface area contributed by atoms with E-state index in [-0.39, 0.29) is 34.4 Å². The van der Waals surface area contributed by atoms with E-state index in [2.05, 4.69) is 36.5 Å². The minimum atomic E-state index is -0.864. The summed E-state index contributed by atoms with van der Waals surface area (Å²) in [6.07, 6.45) is 1.77. The predicted molar refractivity (Wildman–Crippen MR) is 105 cm³/mol. The Morgan fingerprint density at radius 2 is 2.11 bits per heavy atom. The summed E-state index contributed by atoms with van der Waals surface area (Å²) in [4.78, 5) is 20.9. The Hall–Kier alpha value is -3.83. The standard InChI is InChI=1S/C17H13BrN8O2/c1-28-16(27)7-3-2-4-9(18)10(7)13-11-12(21)8(5-19)14(22)25-15(11)26-17(24-13)23-6-20/h2-4,13H,1H3,(H6,21,22,23,24,25,26). The molecule has 1 aromatic carbocycles. The number of carbonyl (C=O) groups excluding carboxylic acids is 1. The van der Waals surface area contributed by atoms with Crippen molar-refractivity contribution in [1.82, 2.24) is 10.3 Å². The average molecular weight is 441 g/mol. The van der Waals surface area contributed by atoms with Crippen molar-refractivity contribution in [3.63, 3.8) is 0 Å². The molecule has 1 aliphatic rings. The summed E-state index contributed by atoms with van der Waals surface area (Å²) >= 11 is 3.43. The molecular weight excluding hydrogens is 428 g/mol. The van der Waals surface area contributed by atoms with E-state index in [9.17, 15) is 10.1 Å². The number of nitriles is 2. The first-order valence-corrected chi connectivity index (χ1v) is 8.57. The number of anilines is 3. The molecule has 2 aromatic rings. The number of hydrogen-bond donors (Lipinski definition) is 4. The summed E-state index contributed by atoms with van der Waals surface area (Å²) in [7, 11) is 1.26. The van der Waals surface area contributed by atoms with E-state index in [1.54, 1.807) is 24.4 Å². The molecule has 10 nitrogen and oxygen atoms in total. The fourth-order valence-corrected chi connectivity index (χ4v) is 3.48. The minimum Gasteiger partial charge on any atom is -0.465 e. The molecule has 0 bridgehead atoms. The molecule has 2 heterocycles. The molecule has 0 saturated heterocycles. The molecule has 0 radical (unpaired) electrons. The number of rotatable bonds is 2. The van der Waals surface area contributed by atoms with Crippen molar-refractivity contribution in [1.29, 1.82) is 10.5 Å². The quantitative estimate of drug-likeness (QED) is 0.306. The van der Waals surface area contributed by atoms with Gasteiger partial charge in [0.25, 0.3) is 0 Å². The summed E-state index contributed by atoms with van der Waals surface area (Å²) < 4.78 is 5.43. The number of nitrogens with one attached hydrogen (secondary N) is 2. The number of nitrogens with zero attached hydrogens (tertiary/aromatic N) is 4. The van der Waals surface area contributed by atoms with Crippen molar-refractivity contribution in [2.24, 2.45) is 4.99 Å². The Morgan fingerprint density at radius 3 is 2.75 bits per heavy atom. The van der Waals surface area contributed by atoms with Gasteiger partial charge in [0.1, 0.15) is 29.3 Å². The Morgan fingerprint density at radius 1 is 1.36 bits per heavy atom. The van der Waals surface area contributed by atoms with E-state index in [0.717, 1.165) is 0 Å². The maximum absolute atomic E-state index is 12.3. The molecule has 1 atom stereocenters. The second-order valence-electron chi connectivity index (χ2n) is 5.59. The lowest BCUT2D eigenvalue weighted by Gasteiger charge is -2.27. The maximum atomic E-state index is 12.3. The maximum Gasteiger partial charge on any atom is 0.338 e. The third-order valence-corrected chi connectivity index (χ3v) is 4.78. The van der Waals surface area contributed by atoms with Crippen LogP contribution in [0, 0.1) is 22.8 Å². The highest BCUT2D eigenvalue weighted by Gasteiger charge is 2.33. The lowest BCUT2D eigenvalue weighted by Crippen LogP contribution is -2.33. The number of nitrogens with two attached hydrogens (primary N) is 2. The number of halogens is 1. The number of ether oxygens (including phenoxy) is 1. The van der Waals surface area contributed by atoms with E-state index in [1.807, 2.05) is 6.07 Å². The van der Waals surface area contributed by atoms with E-state index < -0.39 is 12.0 Å².